The topological polar surface area (TPSA) is 76.1 Å². The maximum atomic E-state index is 11.7. The van der Waals surface area contributed by atoms with Gasteiger partial charge in [0, 0.05) is 33.2 Å². The third-order valence-corrected chi connectivity index (χ3v) is 3.15. The Balaban J connectivity index is 2.06. The van der Waals surface area contributed by atoms with Crippen LogP contribution in [0, 0.1) is 0 Å². The molecule has 110 valence electrons. The molecule has 0 atom stereocenters. The molecule has 0 bridgehead atoms. The number of carbonyl (C=O) groups excluding carboxylic acids is 1. The molecule has 1 amide bonds. The van der Waals surface area contributed by atoms with E-state index < -0.39 is 5.97 Å². The molecule has 1 N–H and O–H groups in total. The van der Waals surface area contributed by atoms with Crippen LogP contribution in [0.15, 0.2) is 0 Å². The zero-order valence-electron chi connectivity index (χ0n) is 11.5. The molecule has 0 aromatic heterocycles. The Kier molecular flexibility index (Phi) is 7.43. The van der Waals surface area contributed by atoms with Gasteiger partial charge in [-0.3, -0.25) is 9.59 Å². The van der Waals surface area contributed by atoms with E-state index in [9.17, 15) is 9.59 Å². The van der Waals surface area contributed by atoms with E-state index in [0.29, 0.717) is 26.0 Å². The maximum Gasteiger partial charge on any atom is 0.303 e. The molecule has 1 rings (SSSR count). The fraction of sp³-hybridized carbons (Fsp3) is 0.846. The van der Waals surface area contributed by atoms with Gasteiger partial charge in [-0.15, -0.1) is 0 Å². The van der Waals surface area contributed by atoms with Crippen molar-refractivity contribution in [1.82, 2.24) is 4.90 Å². The minimum atomic E-state index is -0.830. The fourth-order valence-corrected chi connectivity index (χ4v) is 1.94. The number of amides is 1. The Labute approximate surface area is 113 Å². The highest BCUT2D eigenvalue weighted by Crippen LogP contribution is 2.10. The van der Waals surface area contributed by atoms with Crippen molar-refractivity contribution >= 4 is 11.9 Å². The smallest absolute Gasteiger partial charge is 0.303 e. The molecule has 19 heavy (non-hydrogen) atoms. The van der Waals surface area contributed by atoms with Gasteiger partial charge in [0.15, 0.2) is 0 Å². The molecule has 0 aliphatic carbocycles. The Morgan fingerprint density at radius 2 is 2.00 bits per heavy atom. The highest BCUT2D eigenvalue weighted by atomic mass is 16.5. The van der Waals surface area contributed by atoms with E-state index in [2.05, 4.69) is 0 Å². The van der Waals surface area contributed by atoms with Crippen LogP contribution in [0.3, 0.4) is 0 Å². The molecular formula is C13H23NO5. The Bertz CT molecular complexity index is 289. The lowest BCUT2D eigenvalue weighted by molar-refractivity contribution is -0.138. The predicted molar refractivity (Wildman–Crippen MR) is 68.9 cm³/mol. The van der Waals surface area contributed by atoms with Crippen molar-refractivity contribution in [2.75, 3.05) is 33.4 Å². The van der Waals surface area contributed by atoms with Gasteiger partial charge in [0.05, 0.1) is 19.1 Å². The second kappa shape index (κ2) is 8.87. The van der Waals surface area contributed by atoms with Crippen LogP contribution in [-0.4, -0.2) is 61.4 Å². The van der Waals surface area contributed by atoms with Crippen molar-refractivity contribution in [2.45, 2.75) is 38.2 Å². The van der Waals surface area contributed by atoms with Gasteiger partial charge in [0.25, 0.3) is 0 Å². The van der Waals surface area contributed by atoms with Gasteiger partial charge >= 0.3 is 5.97 Å². The molecule has 0 aromatic rings. The molecule has 0 aromatic carbocycles. The van der Waals surface area contributed by atoms with Gasteiger partial charge in [-0.05, 0) is 19.3 Å². The van der Waals surface area contributed by atoms with Crippen molar-refractivity contribution in [1.29, 1.82) is 0 Å². The summed E-state index contributed by atoms with van der Waals surface area (Å²) in [7, 11) is 1.69. The second-order valence-electron chi connectivity index (χ2n) is 4.75. The monoisotopic (exact) mass is 273 g/mol. The van der Waals surface area contributed by atoms with Crippen LogP contribution in [-0.2, 0) is 19.1 Å². The molecule has 1 aliphatic heterocycles. The van der Waals surface area contributed by atoms with Crippen LogP contribution in [0.4, 0.5) is 0 Å². The number of carboxylic acids is 1. The number of hydrogen-bond acceptors (Lipinski definition) is 4. The van der Waals surface area contributed by atoms with Crippen LogP contribution in [0.1, 0.15) is 32.1 Å². The molecule has 0 unspecified atom stereocenters. The molecule has 6 nitrogen and oxygen atoms in total. The highest BCUT2D eigenvalue weighted by molar-refractivity contribution is 5.76. The van der Waals surface area contributed by atoms with E-state index in [1.165, 1.54) is 0 Å². The number of hydrogen-bond donors (Lipinski definition) is 1. The Morgan fingerprint density at radius 1 is 1.32 bits per heavy atom. The number of aliphatic carboxylic acids is 1. The van der Waals surface area contributed by atoms with E-state index in [1.54, 1.807) is 11.9 Å². The highest BCUT2D eigenvalue weighted by Gasteiger charge is 2.15. The first-order chi connectivity index (χ1) is 9.09. The van der Waals surface area contributed by atoms with Gasteiger partial charge in [-0.1, -0.05) is 0 Å². The molecular weight excluding hydrogens is 250 g/mol. The minimum Gasteiger partial charge on any atom is -0.481 e. The molecule has 0 radical (unpaired) electrons. The van der Waals surface area contributed by atoms with Gasteiger partial charge < -0.3 is 19.5 Å². The van der Waals surface area contributed by atoms with Gasteiger partial charge in [-0.2, -0.15) is 0 Å². The van der Waals surface area contributed by atoms with Crippen molar-refractivity contribution in [3.05, 3.63) is 0 Å². The summed E-state index contributed by atoms with van der Waals surface area (Å²) in [5.74, 6) is -0.832. The number of carbonyl (C=O) groups is 2. The standard InChI is InChI=1S/C13H23NO5/c1-14(7-2-3-13(16)17)12(15)6-10-19-11-4-8-18-9-5-11/h11H,2-10H2,1H3,(H,16,17). The summed E-state index contributed by atoms with van der Waals surface area (Å²) < 4.78 is 10.9. The number of carboxylic acid groups (broad SMARTS) is 1. The number of nitrogens with zero attached hydrogens (tertiary/aromatic N) is 1. The van der Waals surface area contributed by atoms with Crippen LogP contribution in [0.5, 0.6) is 0 Å². The largest absolute Gasteiger partial charge is 0.481 e. The zero-order valence-corrected chi connectivity index (χ0v) is 11.5. The quantitative estimate of drug-likeness (QED) is 0.711. The molecule has 1 heterocycles. The third-order valence-electron chi connectivity index (χ3n) is 3.15. The number of rotatable bonds is 8. The average molecular weight is 273 g/mol. The minimum absolute atomic E-state index is 0.00236. The fourth-order valence-electron chi connectivity index (χ4n) is 1.94. The summed E-state index contributed by atoms with van der Waals surface area (Å²) in [5, 5.41) is 8.52. The summed E-state index contributed by atoms with van der Waals surface area (Å²) in [4.78, 5) is 23.7. The van der Waals surface area contributed by atoms with E-state index in [-0.39, 0.29) is 18.4 Å². The first-order valence-corrected chi connectivity index (χ1v) is 6.74. The van der Waals surface area contributed by atoms with Crippen LogP contribution < -0.4 is 0 Å². The Morgan fingerprint density at radius 3 is 2.63 bits per heavy atom. The summed E-state index contributed by atoms with van der Waals surface area (Å²) in [6.45, 7) is 2.36. The first-order valence-electron chi connectivity index (χ1n) is 6.74. The summed E-state index contributed by atoms with van der Waals surface area (Å²) in [6, 6.07) is 0. The maximum absolute atomic E-state index is 11.7. The zero-order chi connectivity index (χ0) is 14.1. The molecule has 1 fully saturated rings. The lowest BCUT2D eigenvalue weighted by Gasteiger charge is -2.23. The van der Waals surface area contributed by atoms with E-state index in [4.69, 9.17) is 14.6 Å². The summed E-state index contributed by atoms with van der Waals surface area (Å²) in [5.41, 5.74) is 0. The van der Waals surface area contributed by atoms with E-state index >= 15 is 0 Å². The summed E-state index contributed by atoms with van der Waals surface area (Å²) >= 11 is 0. The lowest BCUT2D eigenvalue weighted by Crippen LogP contribution is -2.30. The van der Waals surface area contributed by atoms with Gasteiger partial charge in [-0.25, -0.2) is 0 Å². The van der Waals surface area contributed by atoms with Crippen molar-refractivity contribution in [3.63, 3.8) is 0 Å². The van der Waals surface area contributed by atoms with Crippen LogP contribution >= 0.6 is 0 Å². The van der Waals surface area contributed by atoms with Crippen LogP contribution in [0.2, 0.25) is 0 Å². The second-order valence-corrected chi connectivity index (χ2v) is 4.75. The van der Waals surface area contributed by atoms with Crippen molar-refractivity contribution < 1.29 is 24.2 Å². The SMILES string of the molecule is CN(CCCC(=O)O)C(=O)CCOC1CCOCC1. The van der Waals surface area contributed by atoms with Crippen molar-refractivity contribution in [3.8, 4) is 0 Å². The summed E-state index contributed by atoms with van der Waals surface area (Å²) in [6.07, 6.45) is 2.92. The first kappa shape index (κ1) is 15.9. The number of ether oxygens (including phenoxy) is 2. The molecule has 1 aliphatic rings. The predicted octanol–water partition coefficient (Wildman–Crippen LogP) is 0.895. The van der Waals surface area contributed by atoms with Gasteiger partial charge in [0.2, 0.25) is 5.91 Å². The lowest BCUT2D eigenvalue weighted by atomic mass is 10.1. The van der Waals surface area contributed by atoms with Crippen LogP contribution in [0.25, 0.3) is 0 Å². The molecule has 1 saturated heterocycles. The van der Waals surface area contributed by atoms with E-state index in [1.807, 2.05) is 0 Å². The molecule has 0 saturated carbocycles. The molecule has 0 spiro atoms. The van der Waals surface area contributed by atoms with Gasteiger partial charge in [0.1, 0.15) is 0 Å². The normalized spacial score (nSPS) is 16.3. The van der Waals surface area contributed by atoms with Crippen molar-refractivity contribution in [2.24, 2.45) is 0 Å². The Hall–Kier alpha value is -1.14. The molecule has 6 heteroatoms. The average Bonchev–Trinajstić information content (AvgIpc) is 2.39. The van der Waals surface area contributed by atoms with E-state index in [0.717, 1.165) is 26.1 Å². The third kappa shape index (κ3) is 7.12.